The number of benzene rings is 2. The van der Waals surface area contributed by atoms with Gasteiger partial charge in [-0.3, -0.25) is 4.79 Å². The van der Waals surface area contributed by atoms with Gasteiger partial charge in [0.2, 0.25) is 0 Å². The highest BCUT2D eigenvalue weighted by molar-refractivity contribution is 5.97. The first-order valence-electron chi connectivity index (χ1n) is 8.00. The van der Waals surface area contributed by atoms with Crippen LogP contribution in [0.5, 0.6) is 5.75 Å². The molecule has 0 aliphatic carbocycles. The maximum Gasteiger partial charge on any atom is 0.338 e. The number of ether oxygens (including phenoxy) is 2. The summed E-state index contributed by atoms with van der Waals surface area (Å²) in [5.74, 6) is -2.85. The van der Waals surface area contributed by atoms with Crippen molar-refractivity contribution in [3.63, 3.8) is 0 Å². The first-order valence-corrected chi connectivity index (χ1v) is 8.00. The molecule has 0 fully saturated rings. The minimum atomic E-state index is -1.12. The minimum absolute atomic E-state index is 0.00724. The molecule has 7 heteroatoms. The molecule has 2 aromatic carbocycles. The van der Waals surface area contributed by atoms with Crippen molar-refractivity contribution < 1.29 is 27.8 Å². The van der Waals surface area contributed by atoms with Gasteiger partial charge in [-0.2, -0.15) is 0 Å². The predicted octanol–water partition coefficient (Wildman–Crippen LogP) is 3.94. The fourth-order valence-corrected chi connectivity index (χ4v) is 2.04. The average molecular weight is 363 g/mol. The van der Waals surface area contributed by atoms with E-state index < -0.39 is 29.6 Å². The lowest BCUT2D eigenvalue weighted by Crippen LogP contribution is -2.30. The standard InChI is InChI=1S/C19H19F2NO4/c1-11(2)25-15-7-4-13(5-8-15)19(24)26-12(3)18(23)22-14-6-9-16(20)17(21)10-14/h4-12H,1-3H3,(H,22,23)/t12-/m1/s1. The minimum Gasteiger partial charge on any atom is -0.491 e. The van der Waals surface area contributed by atoms with Gasteiger partial charge in [-0.05, 0) is 57.2 Å². The topological polar surface area (TPSA) is 64.6 Å². The van der Waals surface area contributed by atoms with Crippen LogP contribution in [0.2, 0.25) is 0 Å². The van der Waals surface area contributed by atoms with Gasteiger partial charge in [0.25, 0.3) is 5.91 Å². The molecular weight excluding hydrogens is 344 g/mol. The smallest absolute Gasteiger partial charge is 0.338 e. The lowest BCUT2D eigenvalue weighted by Gasteiger charge is -2.14. The van der Waals surface area contributed by atoms with Gasteiger partial charge in [0, 0.05) is 11.8 Å². The Hall–Kier alpha value is -2.96. The fourth-order valence-electron chi connectivity index (χ4n) is 2.04. The number of halogens is 2. The van der Waals surface area contributed by atoms with Crippen LogP contribution in [-0.4, -0.2) is 24.1 Å². The lowest BCUT2D eigenvalue weighted by atomic mass is 10.2. The monoisotopic (exact) mass is 363 g/mol. The summed E-state index contributed by atoms with van der Waals surface area (Å²) in [5.41, 5.74) is 0.320. The van der Waals surface area contributed by atoms with E-state index in [9.17, 15) is 18.4 Å². The van der Waals surface area contributed by atoms with Crippen LogP contribution in [0.1, 0.15) is 31.1 Å². The molecule has 26 heavy (non-hydrogen) atoms. The molecule has 0 bridgehead atoms. The van der Waals surface area contributed by atoms with E-state index in [2.05, 4.69) is 5.32 Å². The van der Waals surface area contributed by atoms with Gasteiger partial charge in [0.15, 0.2) is 17.7 Å². The molecule has 0 radical (unpaired) electrons. The van der Waals surface area contributed by atoms with Gasteiger partial charge in [-0.15, -0.1) is 0 Å². The van der Waals surface area contributed by atoms with Crippen molar-refractivity contribution in [2.24, 2.45) is 0 Å². The average Bonchev–Trinajstić information content (AvgIpc) is 2.58. The van der Waals surface area contributed by atoms with Gasteiger partial charge in [-0.25, -0.2) is 13.6 Å². The molecule has 5 nitrogen and oxygen atoms in total. The number of esters is 1. The van der Waals surface area contributed by atoms with Crippen molar-refractivity contribution in [2.45, 2.75) is 33.0 Å². The Kier molecular flexibility index (Phi) is 6.27. The Morgan fingerprint density at radius 2 is 1.62 bits per heavy atom. The summed E-state index contributed by atoms with van der Waals surface area (Å²) in [7, 11) is 0. The second kappa shape index (κ2) is 8.42. The third-order valence-electron chi connectivity index (χ3n) is 3.30. The SMILES string of the molecule is CC(C)Oc1ccc(C(=O)O[C@H](C)C(=O)Nc2ccc(F)c(F)c2)cc1. The second-order valence-electron chi connectivity index (χ2n) is 5.86. The summed E-state index contributed by atoms with van der Waals surface area (Å²) in [4.78, 5) is 24.1. The van der Waals surface area contributed by atoms with Crippen LogP contribution in [0, 0.1) is 11.6 Å². The molecule has 0 heterocycles. The largest absolute Gasteiger partial charge is 0.491 e. The molecule has 0 spiro atoms. The van der Waals surface area contributed by atoms with Crippen LogP contribution in [0.25, 0.3) is 0 Å². The number of carbonyl (C=O) groups excluding carboxylic acids is 2. The number of carbonyl (C=O) groups is 2. The lowest BCUT2D eigenvalue weighted by molar-refractivity contribution is -0.123. The van der Waals surface area contributed by atoms with Gasteiger partial charge in [0.1, 0.15) is 5.75 Å². The zero-order valence-corrected chi connectivity index (χ0v) is 14.6. The summed E-state index contributed by atoms with van der Waals surface area (Å²) in [6.45, 7) is 5.15. The van der Waals surface area contributed by atoms with E-state index in [0.717, 1.165) is 12.1 Å². The summed E-state index contributed by atoms with van der Waals surface area (Å²) in [6.07, 6.45) is -1.12. The molecule has 0 unspecified atom stereocenters. The highest BCUT2D eigenvalue weighted by Crippen LogP contribution is 2.16. The van der Waals surface area contributed by atoms with E-state index in [4.69, 9.17) is 9.47 Å². The Morgan fingerprint density at radius 1 is 0.962 bits per heavy atom. The zero-order chi connectivity index (χ0) is 19.3. The van der Waals surface area contributed by atoms with Crippen LogP contribution in [-0.2, 0) is 9.53 Å². The van der Waals surface area contributed by atoms with E-state index in [1.54, 1.807) is 12.1 Å². The molecule has 1 atom stereocenters. The molecule has 0 saturated carbocycles. The highest BCUT2D eigenvalue weighted by Gasteiger charge is 2.19. The van der Waals surface area contributed by atoms with Crippen molar-refractivity contribution in [2.75, 3.05) is 5.32 Å². The molecule has 0 aliphatic heterocycles. The van der Waals surface area contributed by atoms with E-state index in [-0.39, 0.29) is 17.4 Å². The number of amides is 1. The summed E-state index contributed by atoms with van der Waals surface area (Å²) in [6, 6.07) is 9.25. The predicted molar refractivity (Wildman–Crippen MR) is 92.1 cm³/mol. The van der Waals surface area contributed by atoms with E-state index >= 15 is 0 Å². The molecule has 2 rings (SSSR count). The van der Waals surface area contributed by atoms with Crippen LogP contribution < -0.4 is 10.1 Å². The van der Waals surface area contributed by atoms with E-state index in [1.807, 2.05) is 13.8 Å². The summed E-state index contributed by atoms with van der Waals surface area (Å²) in [5, 5.41) is 2.35. The molecule has 1 amide bonds. The first kappa shape index (κ1) is 19.4. The Bertz CT molecular complexity index is 791. The third kappa shape index (κ3) is 5.27. The second-order valence-corrected chi connectivity index (χ2v) is 5.86. The molecule has 0 aromatic heterocycles. The van der Waals surface area contributed by atoms with Gasteiger partial charge in [0.05, 0.1) is 11.7 Å². The molecule has 1 N–H and O–H groups in total. The third-order valence-corrected chi connectivity index (χ3v) is 3.30. The Morgan fingerprint density at radius 3 is 2.19 bits per heavy atom. The molecular formula is C19H19F2NO4. The number of rotatable bonds is 6. The molecule has 0 saturated heterocycles. The van der Waals surface area contributed by atoms with Crippen LogP contribution in [0.4, 0.5) is 14.5 Å². The van der Waals surface area contributed by atoms with Gasteiger partial charge < -0.3 is 14.8 Å². The number of hydrogen-bond acceptors (Lipinski definition) is 4. The van der Waals surface area contributed by atoms with Crippen LogP contribution in [0.15, 0.2) is 42.5 Å². The van der Waals surface area contributed by atoms with Crippen molar-refractivity contribution in [1.82, 2.24) is 0 Å². The Labute approximate surface area is 149 Å². The first-order chi connectivity index (χ1) is 12.3. The number of anilines is 1. The maximum absolute atomic E-state index is 13.2. The quantitative estimate of drug-likeness (QED) is 0.790. The van der Waals surface area contributed by atoms with Crippen molar-refractivity contribution in [1.29, 1.82) is 0 Å². The van der Waals surface area contributed by atoms with Gasteiger partial charge in [-0.1, -0.05) is 0 Å². The number of nitrogens with one attached hydrogen (secondary N) is 1. The normalized spacial score (nSPS) is 11.8. The summed E-state index contributed by atoms with van der Waals surface area (Å²) >= 11 is 0. The fraction of sp³-hybridized carbons (Fsp3) is 0.263. The summed E-state index contributed by atoms with van der Waals surface area (Å²) < 4.78 is 36.6. The molecule has 2 aromatic rings. The zero-order valence-electron chi connectivity index (χ0n) is 14.6. The van der Waals surface area contributed by atoms with Crippen molar-refractivity contribution in [3.8, 4) is 5.75 Å². The highest BCUT2D eigenvalue weighted by atomic mass is 19.2. The van der Waals surface area contributed by atoms with Crippen molar-refractivity contribution >= 4 is 17.6 Å². The maximum atomic E-state index is 13.2. The van der Waals surface area contributed by atoms with E-state index in [0.29, 0.717) is 5.75 Å². The van der Waals surface area contributed by atoms with Crippen LogP contribution in [0.3, 0.4) is 0 Å². The van der Waals surface area contributed by atoms with Crippen molar-refractivity contribution in [3.05, 3.63) is 59.7 Å². The molecule has 138 valence electrons. The number of hydrogen-bond donors (Lipinski definition) is 1. The van der Waals surface area contributed by atoms with E-state index in [1.165, 1.54) is 25.1 Å². The van der Waals surface area contributed by atoms with Crippen LogP contribution >= 0.6 is 0 Å². The van der Waals surface area contributed by atoms with Gasteiger partial charge >= 0.3 is 5.97 Å². The Balaban J connectivity index is 1.94. The molecule has 0 aliphatic rings.